The summed E-state index contributed by atoms with van der Waals surface area (Å²) in [5, 5.41) is 9.71. The lowest BCUT2D eigenvalue weighted by Crippen LogP contribution is -2.26. The molecule has 0 unspecified atom stereocenters. The van der Waals surface area contributed by atoms with Crippen molar-refractivity contribution in [2.45, 2.75) is 18.9 Å². The summed E-state index contributed by atoms with van der Waals surface area (Å²) in [6, 6.07) is 7.16. The quantitative estimate of drug-likeness (QED) is 0.387. The normalized spacial score (nSPS) is 13.8. The van der Waals surface area contributed by atoms with Crippen LogP contribution in [0.5, 0.6) is 11.5 Å². The zero-order chi connectivity index (χ0) is 25.9. The number of ether oxygens (including phenoxy) is 3. The van der Waals surface area contributed by atoms with Crippen molar-refractivity contribution in [1.82, 2.24) is 24.8 Å². The predicted molar refractivity (Wildman–Crippen MR) is 132 cm³/mol. The fourth-order valence-electron chi connectivity index (χ4n) is 4.03. The van der Waals surface area contributed by atoms with Crippen LogP contribution in [-0.2, 0) is 4.74 Å². The van der Waals surface area contributed by atoms with Gasteiger partial charge in [0.1, 0.15) is 29.1 Å². The Hall–Kier alpha value is -4.56. The lowest BCUT2D eigenvalue weighted by Gasteiger charge is -2.23. The summed E-state index contributed by atoms with van der Waals surface area (Å²) in [6.45, 7) is 1.24. The molecule has 0 aliphatic carbocycles. The van der Waals surface area contributed by atoms with Crippen molar-refractivity contribution in [3.8, 4) is 40.4 Å². The number of fused-ring (bicyclic) bond motifs is 1. The molecule has 0 bridgehead atoms. The Morgan fingerprint density at radius 1 is 1.14 bits per heavy atom. The molecule has 0 saturated carbocycles. The molecule has 0 atom stereocenters. The summed E-state index contributed by atoms with van der Waals surface area (Å²) in [7, 11) is 4.83. The molecule has 0 spiro atoms. The van der Waals surface area contributed by atoms with E-state index in [1.54, 1.807) is 38.5 Å². The van der Waals surface area contributed by atoms with Gasteiger partial charge in [-0.05, 0) is 12.1 Å². The van der Waals surface area contributed by atoms with Crippen molar-refractivity contribution >= 4 is 17.0 Å². The smallest absolute Gasteiger partial charge is 0.255 e. The summed E-state index contributed by atoms with van der Waals surface area (Å²) in [4.78, 5) is 31.5. The lowest BCUT2D eigenvalue weighted by atomic mass is 10.1. The van der Waals surface area contributed by atoms with E-state index in [-0.39, 0.29) is 17.7 Å². The maximum atomic E-state index is 12.3. The molecule has 0 radical (unpaired) electrons. The minimum atomic E-state index is -0.194. The first-order valence-corrected chi connectivity index (χ1v) is 11.6. The van der Waals surface area contributed by atoms with Crippen LogP contribution in [0, 0.1) is 11.3 Å². The van der Waals surface area contributed by atoms with E-state index in [1.807, 2.05) is 0 Å². The Labute approximate surface area is 212 Å². The molecule has 11 heteroatoms. The van der Waals surface area contributed by atoms with E-state index < -0.39 is 0 Å². The summed E-state index contributed by atoms with van der Waals surface area (Å²) in [5.74, 6) is 1.23. The van der Waals surface area contributed by atoms with Crippen molar-refractivity contribution in [1.29, 1.82) is 5.26 Å². The molecule has 5 rings (SSSR count). The molecule has 0 N–H and O–H groups in total. The average molecular weight is 501 g/mol. The maximum Gasteiger partial charge on any atom is 0.255 e. The fourth-order valence-corrected chi connectivity index (χ4v) is 4.03. The van der Waals surface area contributed by atoms with Crippen LogP contribution in [-0.4, -0.2) is 71.3 Å². The molecule has 11 nitrogen and oxygen atoms in total. The van der Waals surface area contributed by atoms with Crippen molar-refractivity contribution in [2.75, 3.05) is 34.4 Å². The van der Waals surface area contributed by atoms with Gasteiger partial charge in [0.2, 0.25) is 0 Å². The first-order chi connectivity index (χ1) is 18.0. The van der Waals surface area contributed by atoms with Crippen molar-refractivity contribution in [3.05, 3.63) is 48.0 Å². The molecule has 0 aromatic carbocycles. The molecule has 4 aromatic rings. The van der Waals surface area contributed by atoms with Gasteiger partial charge in [-0.1, -0.05) is 0 Å². The van der Waals surface area contributed by atoms with Crippen molar-refractivity contribution < 1.29 is 23.4 Å². The number of pyridine rings is 2. The highest BCUT2D eigenvalue weighted by atomic mass is 16.5. The Bertz CT molecular complexity index is 1500. The fraction of sp³-hybridized carbons (Fsp3) is 0.308. The molecule has 1 saturated heterocycles. The highest BCUT2D eigenvalue weighted by Gasteiger charge is 2.22. The molecule has 188 valence electrons. The number of amides is 1. The first kappa shape index (κ1) is 24.1. The monoisotopic (exact) mass is 500 g/mol. The molecule has 1 aliphatic rings. The predicted octanol–water partition coefficient (Wildman–Crippen LogP) is 3.49. The van der Waals surface area contributed by atoms with Gasteiger partial charge in [0.15, 0.2) is 28.6 Å². The second-order valence-corrected chi connectivity index (χ2v) is 8.61. The first-order valence-electron chi connectivity index (χ1n) is 11.6. The van der Waals surface area contributed by atoms with Crippen LogP contribution in [0.2, 0.25) is 0 Å². The number of furan rings is 1. The van der Waals surface area contributed by atoms with Gasteiger partial charge in [0, 0.05) is 45.4 Å². The van der Waals surface area contributed by atoms with Gasteiger partial charge in [-0.25, -0.2) is 15.0 Å². The third-order valence-corrected chi connectivity index (χ3v) is 5.94. The number of carbonyl (C=O) groups is 1. The van der Waals surface area contributed by atoms with Gasteiger partial charge >= 0.3 is 0 Å². The third kappa shape index (κ3) is 4.79. The molecular formula is C26H24N6O5. The van der Waals surface area contributed by atoms with Crippen molar-refractivity contribution in [2.24, 2.45) is 0 Å². The van der Waals surface area contributed by atoms with E-state index in [9.17, 15) is 10.1 Å². The van der Waals surface area contributed by atoms with Crippen LogP contribution in [0.15, 0.2) is 41.2 Å². The van der Waals surface area contributed by atoms with Crippen LogP contribution in [0.25, 0.3) is 33.9 Å². The zero-order valence-corrected chi connectivity index (χ0v) is 20.6. The van der Waals surface area contributed by atoms with E-state index in [2.05, 4.69) is 26.0 Å². The SMILES string of the molecule is COc1cc(C(=O)N(C)C)cnc1-c1cc2nccc(-c3ncc(OC4CCOCC4)c(C#N)n3)c2o1. The Kier molecular flexibility index (Phi) is 6.66. The molecule has 37 heavy (non-hydrogen) atoms. The number of rotatable bonds is 6. The van der Waals surface area contributed by atoms with Gasteiger partial charge < -0.3 is 23.5 Å². The lowest BCUT2D eigenvalue weighted by molar-refractivity contribution is 0.0251. The highest BCUT2D eigenvalue weighted by molar-refractivity contribution is 5.95. The zero-order valence-electron chi connectivity index (χ0n) is 20.6. The number of hydrogen-bond donors (Lipinski definition) is 0. The standard InChI is InChI=1S/C26H24N6O5/c1-32(2)26(33)15-10-20(34-3)23(29-13-15)21-11-18-24(37-21)17(4-7-28-18)25-30-14-22(19(12-27)31-25)36-16-5-8-35-9-6-16/h4,7,10-11,13-14,16H,5-6,8-9H2,1-3H3. The molecule has 1 aliphatic heterocycles. The van der Waals surface area contributed by atoms with Gasteiger partial charge in [0.25, 0.3) is 5.91 Å². The summed E-state index contributed by atoms with van der Waals surface area (Å²) < 4.78 is 23.0. The van der Waals surface area contributed by atoms with Gasteiger partial charge in [-0.3, -0.25) is 9.78 Å². The number of methoxy groups -OCH3 is 1. The number of hydrogen-bond acceptors (Lipinski definition) is 10. The molecule has 4 aromatic heterocycles. The minimum Gasteiger partial charge on any atom is -0.494 e. The molecule has 1 fully saturated rings. The number of carbonyl (C=O) groups excluding carboxylic acids is 1. The third-order valence-electron chi connectivity index (χ3n) is 5.94. The highest BCUT2D eigenvalue weighted by Crippen LogP contribution is 2.36. The van der Waals surface area contributed by atoms with E-state index in [4.69, 9.17) is 18.6 Å². The van der Waals surface area contributed by atoms with Gasteiger partial charge in [-0.15, -0.1) is 0 Å². The van der Waals surface area contributed by atoms with Crippen LogP contribution >= 0.6 is 0 Å². The number of aromatic nitrogens is 4. The Balaban J connectivity index is 1.51. The molecule has 5 heterocycles. The van der Waals surface area contributed by atoms with Crippen molar-refractivity contribution in [3.63, 3.8) is 0 Å². The molecule has 1 amide bonds. The topological polar surface area (TPSA) is 136 Å². The largest absolute Gasteiger partial charge is 0.494 e. The summed E-state index contributed by atoms with van der Waals surface area (Å²) >= 11 is 0. The maximum absolute atomic E-state index is 12.3. The number of nitrogens with zero attached hydrogens (tertiary/aromatic N) is 6. The van der Waals surface area contributed by atoms with Gasteiger partial charge in [0.05, 0.1) is 37.6 Å². The Morgan fingerprint density at radius 3 is 2.68 bits per heavy atom. The van der Waals surface area contributed by atoms with E-state index >= 15 is 0 Å². The summed E-state index contributed by atoms with van der Waals surface area (Å²) in [6.07, 6.45) is 6.04. The second-order valence-electron chi connectivity index (χ2n) is 8.61. The van der Waals surface area contributed by atoms with Crippen LogP contribution < -0.4 is 9.47 Å². The van der Waals surface area contributed by atoms with Gasteiger partial charge in [-0.2, -0.15) is 5.26 Å². The van der Waals surface area contributed by atoms with E-state index in [0.717, 1.165) is 12.8 Å². The van der Waals surface area contributed by atoms with E-state index in [0.29, 0.717) is 64.2 Å². The minimum absolute atomic E-state index is 0.0440. The average Bonchev–Trinajstić information content (AvgIpc) is 3.37. The number of nitriles is 1. The summed E-state index contributed by atoms with van der Waals surface area (Å²) in [5.41, 5.74) is 2.48. The second kappa shape index (κ2) is 10.2. The molecular weight excluding hydrogens is 476 g/mol. The van der Waals surface area contributed by atoms with E-state index in [1.165, 1.54) is 24.4 Å². The Morgan fingerprint density at radius 2 is 1.95 bits per heavy atom. The van der Waals surface area contributed by atoms with Crippen LogP contribution in [0.4, 0.5) is 0 Å². The van der Waals surface area contributed by atoms with Crippen LogP contribution in [0.3, 0.4) is 0 Å². The van der Waals surface area contributed by atoms with Crippen LogP contribution in [0.1, 0.15) is 28.9 Å².